The van der Waals surface area contributed by atoms with Crippen LogP contribution < -0.4 is 0 Å². The fraction of sp³-hybridized carbons (Fsp3) is 1.00. The van der Waals surface area contributed by atoms with Gasteiger partial charge in [-0.3, -0.25) is 0 Å². The van der Waals surface area contributed by atoms with E-state index >= 15 is 0 Å². The van der Waals surface area contributed by atoms with Gasteiger partial charge in [-0.1, -0.05) is 40.0 Å². The molecular formula is C13H28O2. The van der Waals surface area contributed by atoms with Gasteiger partial charge < -0.3 is 9.47 Å². The van der Waals surface area contributed by atoms with Crippen molar-refractivity contribution in [3.63, 3.8) is 0 Å². The predicted molar refractivity (Wildman–Crippen MR) is 65.2 cm³/mol. The Labute approximate surface area is 95.3 Å². The highest BCUT2D eigenvalue weighted by Gasteiger charge is 2.00. The van der Waals surface area contributed by atoms with E-state index in [1.807, 2.05) is 0 Å². The maximum atomic E-state index is 5.51. The smallest absolute Gasteiger partial charge is 0.0700 e. The molecule has 0 bridgehead atoms. The molecule has 2 nitrogen and oxygen atoms in total. The van der Waals surface area contributed by atoms with Gasteiger partial charge in [-0.05, 0) is 18.8 Å². The van der Waals surface area contributed by atoms with Gasteiger partial charge in [0, 0.05) is 13.2 Å². The molecule has 0 N–H and O–H groups in total. The third kappa shape index (κ3) is 11.8. The molecule has 1 unspecified atom stereocenters. The molecule has 0 aliphatic rings. The summed E-state index contributed by atoms with van der Waals surface area (Å²) in [6, 6.07) is 0. The van der Waals surface area contributed by atoms with Crippen molar-refractivity contribution in [1.82, 2.24) is 0 Å². The third-order valence-corrected chi connectivity index (χ3v) is 2.53. The zero-order valence-electron chi connectivity index (χ0n) is 10.8. The first-order chi connectivity index (χ1) is 7.31. The van der Waals surface area contributed by atoms with Crippen LogP contribution in [0.3, 0.4) is 0 Å². The van der Waals surface area contributed by atoms with Gasteiger partial charge in [0.15, 0.2) is 0 Å². The van der Waals surface area contributed by atoms with Crippen molar-refractivity contribution in [2.45, 2.75) is 52.9 Å². The number of rotatable bonds is 11. The summed E-state index contributed by atoms with van der Waals surface area (Å²) in [4.78, 5) is 0. The first-order valence-corrected chi connectivity index (χ1v) is 6.46. The molecule has 0 heterocycles. The quantitative estimate of drug-likeness (QED) is 0.491. The van der Waals surface area contributed by atoms with Gasteiger partial charge in [-0.25, -0.2) is 0 Å². The monoisotopic (exact) mass is 216 g/mol. The van der Waals surface area contributed by atoms with Crippen LogP contribution in [0.2, 0.25) is 0 Å². The molecule has 0 aromatic heterocycles. The van der Waals surface area contributed by atoms with E-state index in [0.717, 1.165) is 38.8 Å². The average molecular weight is 216 g/mol. The van der Waals surface area contributed by atoms with Crippen molar-refractivity contribution in [3.8, 4) is 0 Å². The van der Waals surface area contributed by atoms with E-state index in [4.69, 9.17) is 9.47 Å². The van der Waals surface area contributed by atoms with Crippen molar-refractivity contribution >= 4 is 0 Å². The molecule has 0 saturated carbocycles. The summed E-state index contributed by atoms with van der Waals surface area (Å²) in [6.45, 7) is 9.92. The Morgan fingerprint density at radius 2 is 1.47 bits per heavy atom. The molecule has 0 rings (SSSR count). The van der Waals surface area contributed by atoms with E-state index in [2.05, 4.69) is 20.8 Å². The van der Waals surface area contributed by atoms with Crippen LogP contribution in [0.1, 0.15) is 52.9 Å². The summed E-state index contributed by atoms with van der Waals surface area (Å²) in [5, 5.41) is 0. The van der Waals surface area contributed by atoms with Gasteiger partial charge in [0.05, 0.1) is 13.2 Å². The first-order valence-electron chi connectivity index (χ1n) is 6.46. The Bertz CT molecular complexity index is 115. The van der Waals surface area contributed by atoms with Crippen LogP contribution in [0.4, 0.5) is 0 Å². The van der Waals surface area contributed by atoms with Crippen molar-refractivity contribution in [2.75, 3.05) is 26.4 Å². The molecular weight excluding hydrogens is 188 g/mol. The van der Waals surface area contributed by atoms with Crippen molar-refractivity contribution in [2.24, 2.45) is 5.92 Å². The largest absolute Gasteiger partial charge is 0.379 e. The second kappa shape index (κ2) is 12.0. The van der Waals surface area contributed by atoms with E-state index in [1.54, 1.807) is 0 Å². The maximum absolute atomic E-state index is 5.51. The van der Waals surface area contributed by atoms with Crippen LogP contribution in [0.5, 0.6) is 0 Å². The molecule has 15 heavy (non-hydrogen) atoms. The van der Waals surface area contributed by atoms with E-state index in [9.17, 15) is 0 Å². The lowest BCUT2D eigenvalue weighted by Crippen LogP contribution is -2.08. The Morgan fingerprint density at radius 1 is 0.800 bits per heavy atom. The summed E-state index contributed by atoms with van der Waals surface area (Å²) in [5.74, 6) is 0.807. The fourth-order valence-electron chi connectivity index (χ4n) is 1.45. The number of unbranched alkanes of at least 4 members (excludes halogenated alkanes) is 1. The van der Waals surface area contributed by atoms with Crippen LogP contribution in [0.15, 0.2) is 0 Å². The van der Waals surface area contributed by atoms with Gasteiger partial charge in [0.2, 0.25) is 0 Å². The van der Waals surface area contributed by atoms with Gasteiger partial charge in [0.1, 0.15) is 0 Å². The van der Waals surface area contributed by atoms with Crippen LogP contribution >= 0.6 is 0 Å². The van der Waals surface area contributed by atoms with Crippen LogP contribution in [0.25, 0.3) is 0 Å². The molecule has 0 aliphatic carbocycles. The normalized spacial score (nSPS) is 13.0. The molecule has 0 fully saturated rings. The zero-order valence-corrected chi connectivity index (χ0v) is 10.8. The fourth-order valence-corrected chi connectivity index (χ4v) is 1.45. The van der Waals surface area contributed by atoms with E-state index < -0.39 is 0 Å². The van der Waals surface area contributed by atoms with Crippen LogP contribution in [0, 0.1) is 5.92 Å². The summed E-state index contributed by atoms with van der Waals surface area (Å²) in [5.41, 5.74) is 0. The standard InChI is InChI=1S/C13H28O2/c1-4-6-7-13(3)8-10-15-12-11-14-9-5-2/h13H,4-12H2,1-3H3. The molecule has 0 aromatic carbocycles. The number of hydrogen-bond acceptors (Lipinski definition) is 2. The first kappa shape index (κ1) is 14.9. The highest BCUT2D eigenvalue weighted by atomic mass is 16.5. The Balaban J connectivity index is 3.02. The minimum absolute atomic E-state index is 0.747. The van der Waals surface area contributed by atoms with Gasteiger partial charge in [-0.15, -0.1) is 0 Å². The predicted octanol–water partition coefficient (Wildman–Crippen LogP) is 3.65. The summed E-state index contributed by atoms with van der Waals surface area (Å²) < 4.78 is 10.8. The molecule has 0 amide bonds. The third-order valence-electron chi connectivity index (χ3n) is 2.53. The van der Waals surface area contributed by atoms with Gasteiger partial charge >= 0.3 is 0 Å². The molecule has 1 atom stereocenters. The SMILES string of the molecule is CCCCC(C)CCOCCOCCC. The highest BCUT2D eigenvalue weighted by Crippen LogP contribution is 2.11. The zero-order chi connectivity index (χ0) is 11.4. The van der Waals surface area contributed by atoms with Crippen molar-refractivity contribution in [3.05, 3.63) is 0 Å². The van der Waals surface area contributed by atoms with Crippen LogP contribution in [-0.4, -0.2) is 26.4 Å². The summed E-state index contributed by atoms with van der Waals surface area (Å²) >= 11 is 0. The summed E-state index contributed by atoms with van der Waals surface area (Å²) in [6.07, 6.45) is 6.27. The lowest BCUT2D eigenvalue weighted by atomic mass is 10.0. The van der Waals surface area contributed by atoms with Gasteiger partial charge in [-0.2, -0.15) is 0 Å². The minimum atomic E-state index is 0.747. The second-order valence-electron chi connectivity index (χ2n) is 4.26. The molecule has 92 valence electrons. The van der Waals surface area contributed by atoms with Crippen molar-refractivity contribution < 1.29 is 9.47 Å². The highest BCUT2D eigenvalue weighted by molar-refractivity contribution is 4.52. The Morgan fingerprint density at radius 3 is 2.07 bits per heavy atom. The molecule has 2 heteroatoms. The van der Waals surface area contributed by atoms with Crippen molar-refractivity contribution in [1.29, 1.82) is 0 Å². The van der Waals surface area contributed by atoms with E-state index in [1.165, 1.54) is 25.7 Å². The lowest BCUT2D eigenvalue weighted by Gasteiger charge is -2.10. The maximum Gasteiger partial charge on any atom is 0.0700 e. The van der Waals surface area contributed by atoms with Crippen LogP contribution in [-0.2, 0) is 9.47 Å². The lowest BCUT2D eigenvalue weighted by molar-refractivity contribution is 0.0433. The average Bonchev–Trinajstić information content (AvgIpc) is 2.25. The number of hydrogen-bond donors (Lipinski definition) is 0. The van der Waals surface area contributed by atoms with E-state index in [0.29, 0.717) is 0 Å². The minimum Gasteiger partial charge on any atom is -0.379 e. The summed E-state index contributed by atoms with van der Waals surface area (Å²) in [7, 11) is 0. The van der Waals surface area contributed by atoms with Gasteiger partial charge in [0.25, 0.3) is 0 Å². The number of ether oxygens (including phenoxy) is 2. The van der Waals surface area contributed by atoms with E-state index in [-0.39, 0.29) is 0 Å². The Hall–Kier alpha value is -0.0800. The second-order valence-corrected chi connectivity index (χ2v) is 4.26. The molecule has 0 saturated heterocycles. The topological polar surface area (TPSA) is 18.5 Å². The molecule has 0 aliphatic heterocycles. The Kier molecular flexibility index (Phi) is 11.9. The molecule has 0 radical (unpaired) electrons. The molecule has 0 spiro atoms. The molecule has 0 aromatic rings.